The quantitative estimate of drug-likeness (QED) is 0.562. The average molecular weight is 304 g/mol. The molecule has 3 rings (SSSR count). The van der Waals surface area contributed by atoms with Crippen LogP contribution in [0.25, 0.3) is 0 Å². The molecule has 1 saturated heterocycles. The first-order valence-corrected chi connectivity index (χ1v) is 7.96. The molecule has 1 unspecified atom stereocenters. The van der Waals surface area contributed by atoms with E-state index in [4.69, 9.17) is 18.9 Å². The van der Waals surface area contributed by atoms with Crippen molar-refractivity contribution in [3.63, 3.8) is 0 Å². The van der Waals surface area contributed by atoms with Crippen molar-refractivity contribution >= 4 is 0 Å². The van der Waals surface area contributed by atoms with Gasteiger partial charge in [-0.05, 0) is 51.3 Å². The molecule has 0 N–H and O–H groups in total. The first kappa shape index (κ1) is 15.2. The van der Waals surface area contributed by atoms with Crippen molar-refractivity contribution in [1.82, 2.24) is 0 Å². The van der Waals surface area contributed by atoms with Crippen LogP contribution in [0.2, 0.25) is 0 Å². The van der Waals surface area contributed by atoms with E-state index in [1.165, 1.54) is 5.57 Å². The Kier molecular flexibility index (Phi) is 4.30. The van der Waals surface area contributed by atoms with Crippen molar-refractivity contribution in [2.24, 2.45) is 0 Å². The molecule has 2 heterocycles. The fraction of sp³-hybridized carbons (Fsp3) is 0.556. The predicted octanol–water partition coefficient (Wildman–Crippen LogP) is 4.09. The lowest BCUT2D eigenvalue weighted by Crippen LogP contribution is -2.03. The summed E-state index contributed by atoms with van der Waals surface area (Å²) >= 11 is 0. The van der Waals surface area contributed by atoms with Gasteiger partial charge in [0.15, 0.2) is 11.5 Å². The molecule has 2 aliphatic heterocycles. The van der Waals surface area contributed by atoms with Gasteiger partial charge in [0, 0.05) is 6.07 Å². The van der Waals surface area contributed by atoms with Gasteiger partial charge in [-0.25, -0.2) is 0 Å². The molecular formula is C18H24O4. The molecule has 0 aliphatic carbocycles. The lowest BCUT2D eigenvalue weighted by atomic mass is 10.0. The zero-order chi connectivity index (χ0) is 15.6. The van der Waals surface area contributed by atoms with E-state index in [9.17, 15) is 0 Å². The van der Waals surface area contributed by atoms with Crippen LogP contribution < -0.4 is 14.2 Å². The lowest BCUT2D eigenvalue weighted by molar-refractivity contribution is 0.174. The van der Waals surface area contributed by atoms with Crippen molar-refractivity contribution in [2.75, 3.05) is 13.4 Å². The molecule has 1 aromatic rings. The molecule has 0 saturated carbocycles. The molecule has 120 valence electrons. The van der Waals surface area contributed by atoms with E-state index in [1.807, 2.05) is 18.2 Å². The highest BCUT2D eigenvalue weighted by molar-refractivity contribution is 5.46. The van der Waals surface area contributed by atoms with E-state index in [0.717, 1.165) is 36.5 Å². The van der Waals surface area contributed by atoms with Gasteiger partial charge in [0.05, 0.1) is 11.7 Å². The van der Waals surface area contributed by atoms with Crippen LogP contribution in [0.5, 0.6) is 17.2 Å². The monoisotopic (exact) mass is 304 g/mol. The highest BCUT2D eigenvalue weighted by atomic mass is 16.7. The van der Waals surface area contributed by atoms with Gasteiger partial charge in [-0.15, -0.1) is 0 Å². The summed E-state index contributed by atoms with van der Waals surface area (Å²) in [7, 11) is 0. The Bertz CT molecular complexity index is 562. The maximum Gasteiger partial charge on any atom is 0.231 e. The van der Waals surface area contributed by atoms with Crippen molar-refractivity contribution in [3.05, 3.63) is 29.8 Å². The number of hydrogen-bond acceptors (Lipinski definition) is 4. The number of fused-ring (bicyclic) bond motifs is 1. The van der Waals surface area contributed by atoms with Crippen molar-refractivity contribution in [1.29, 1.82) is 0 Å². The summed E-state index contributed by atoms with van der Waals surface area (Å²) in [5.74, 6) is 2.34. The van der Waals surface area contributed by atoms with Crippen LogP contribution in [0.15, 0.2) is 29.8 Å². The summed E-state index contributed by atoms with van der Waals surface area (Å²) in [5.41, 5.74) is 1.51. The average Bonchev–Trinajstić information content (AvgIpc) is 2.90. The van der Waals surface area contributed by atoms with Crippen molar-refractivity contribution < 1.29 is 18.9 Å². The SMILES string of the molecule is CC/C(=C\COc1ccc2c(c1)OCO2)CCC1OC1(C)C. The van der Waals surface area contributed by atoms with Crippen LogP contribution >= 0.6 is 0 Å². The van der Waals surface area contributed by atoms with Gasteiger partial charge in [0.1, 0.15) is 12.4 Å². The molecule has 1 atom stereocenters. The third-order valence-electron chi connectivity index (χ3n) is 4.31. The fourth-order valence-corrected chi connectivity index (χ4v) is 2.70. The zero-order valence-corrected chi connectivity index (χ0v) is 13.6. The van der Waals surface area contributed by atoms with Crippen molar-refractivity contribution in [2.45, 2.75) is 51.7 Å². The first-order valence-electron chi connectivity index (χ1n) is 7.96. The van der Waals surface area contributed by atoms with E-state index in [2.05, 4.69) is 26.8 Å². The largest absolute Gasteiger partial charge is 0.489 e. The number of hydrogen-bond donors (Lipinski definition) is 0. The molecule has 0 amide bonds. The molecule has 4 nitrogen and oxygen atoms in total. The topological polar surface area (TPSA) is 40.2 Å². The molecule has 4 heteroatoms. The Balaban J connectivity index is 1.47. The molecule has 1 fully saturated rings. The lowest BCUT2D eigenvalue weighted by Gasteiger charge is -2.07. The van der Waals surface area contributed by atoms with E-state index >= 15 is 0 Å². The van der Waals surface area contributed by atoms with Crippen LogP contribution in [0.4, 0.5) is 0 Å². The minimum atomic E-state index is 0.0852. The number of rotatable bonds is 7. The molecule has 2 aliphatic rings. The van der Waals surface area contributed by atoms with Gasteiger partial charge >= 0.3 is 0 Å². The van der Waals surface area contributed by atoms with Gasteiger partial charge in [0.25, 0.3) is 0 Å². The summed E-state index contributed by atoms with van der Waals surface area (Å²) in [6.07, 6.45) is 5.82. The molecule has 0 spiro atoms. The van der Waals surface area contributed by atoms with Crippen LogP contribution in [0.3, 0.4) is 0 Å². The van der Waals surface area contributed by atoms with Crippen LogP contribution in [0, 0.1) is 0 Å². The van der Waals surface area contributed by atoms with Crippen LogP contribution in [0.1, 0.15) is 40.0 Å². The summed E-state index contributed by atoms with van der Waals surface area (Å²) < 4.78 is 22.1. The Morgan fingerprint density at radius 2 is 2.09 bits per heavy atom. The minimum Gasteiger partial charge on any atom is -0.489 e. The van der Waals surface area contributed by atoms with Crippen molar-refractivity contribution in [3.8, 4) is 17.2 Å². The molecule has 22 heavy (non-hydrogen) atoms. The van der Waals surface area contributed by atoms with Crippen LogP contribution in [-0.2, 0) is 4.74 Å². The first-order chi connectivity index (χ1) is 10.6. The van der Waals surface area contributed by atoms with E-state index in [1.54, 1.807) is 0 Å². The number of epoxide rings is 1. The van der Waals surface area contributed by atoms with Gasteiger partial charge in [0.2, 0.25) is 6.79 Å². The third kappa shape index (κ3) is 3.55. The third-order valence-corrected chi connectivity index (χ3v) is 4.31. The minimum absolute atomic E-state index is 0.0852. The predicted molar refractivity (Wildman–Crippen MR) is 84.6 cm³/mol. The zero-order valence-electron chi connectivity index (χ0n) is 13.6. The summed E-state index contributed by atoms with van der Waals surface area (Å²) in [6, 6.07) is 5.67. The highest BCUT2D eigenvalue weighted by Crippen LogP contribution is 2.39. The Morgan fingerprint density at radius 3 is 2.82 bits per heavy atom. The normalized spacial score (nSPS) is 21.8. The highest BCUT2D eigenvalue weighted by Gasteiger charge is 2.46. The maximum atomic E-state index is 5.78. The second-order valence-electron chi connectivity index (χ2n) is 6.29. The molecule has 0 bridgehead atoms. The molecule has 1 aromatic carbocycles. The van der Waals surface area contributed by atoms with Gasteiger partial charge in [-0.3, -0.25) is 0 Å². The van der Waals surface area contributed by atoms with E-state index in [0.29, 0.717) is 12.7 Å². The Hall–Kier alpha value is -1.68. The second-order valence-corrected chi connectivity index (χ2v) is 6.29. The van der Waals surface area contributed by atoms with Gasteiger partial charge in [-0.2, -0.15) is 0 Å². The standard InChI is InChI=1S/C18H24O4/c1-4-13(5-8-17-18(2,3)22-17)9-10-19-14-6-7-15-16(11-14)21-12-20-15/h6-7,9,11,17H,4-5,8,10,12H2,1-3H3/b13-9+. The summed E-state index contributed by atoms with van der Waals surface area (Å²) in [6.45, 7) is 7.35. The number of ether oxygens (including phenoxy) is 4. The fourth-order valence-electron chi connectivity index (χ4n) is 2.70. The van der Waals surface area contributed by atoms with Gasteiger partial charge in [-0.1, -0.05) is 12.5 Å². The molecular weight excluding hydrogens is 280 g/mol. The number of benzene rings is 1. The number of allylic oxidation sites excluding steroid dienone is 1. The van der Waals surface area contributed by atoms with E-state index < -0.39 is 0 Å². The van der Waals surface area contributed by atoms with Gasteiger partial charge < -0.3 is 18.9 Å². The molecule has 0 aromatic heterocycles. The molecule has 0 radical (unpaired) electrons. The smallest absolute Gasteiger partial charge is 0.231 e. The van der Waals surface area contributed by atoms with E-state index in [-0.39, 0.29) is 12.4 Å². The summed E-state index contributed by atoms with van der Waals surface area (Å²) in [5, 5.41) is 0. The Labute approximate surface area is 132 Å². The summed E-state index contributed by atoms with van der Waals surface area (Å²) in [4.78, 5) is 0. The Morgan fingerprint density at radius 1 is 1.32 bits per heavy atom. The second kappa shape index (κ2) is 6.21. The maximum absolute atomic E-state index is 5.78. The van der Waals surface area contributed by atoms with Crippen LogP contribution in [-0.4, -0.2) is 25.1 Å².